The number of hydrogen-bond acceptors (Lipinski definition) is 5. The van der Waals surface area contributed by atoms with E-state index in [1.54, 1.807) is 25.9 Å². The van der Waals surface area contributed by atoms with E-state index in [0.717, 1.165) is 24.9 Å². The van der Waals surface area contributed by atoms with Gasteiger partial charge in [0.25, 0.3) is 0 Å². The zero-order valence-electron chi connectivity index (χ0n) is 17.8. The Morgan fingerprint density at radius 1 is 1.23 bits per heavy atom. The van der Waals surface area contributed by atoms with Gasteiger partial charge in [0.2, 0.25) is 5.91 Å². The third kappa shape index (κ3) is 4.99. The molecule has 1 saturated heterocycles. The average Bonchev–Trinajstić information content (AvgIpc) is 2.73. The molecule has 3 rings (SSSR count). The van der Waals surface area contributed by atoms with Crippen molar-refractivity contribution >= 4 is 17.9 Å². The lowest BCUT2D eigenvalue weighted by atomic mass is 9.93. The van der Waals surface area contributed by atoms with Crippen molar-refractivity contribution in [3.63, 3.8) is 0 Å². The topological polar surface area (TPSA) is 91.0 Å². The number of nitrogens with zero attached hydrogens (tertiary/aromatic N) is 2. The number of ether oxygens (including phenoxy) is 1. The van der Waals surface area contributed by atoms with E-state index >= 15 is 0 Å². The highest BCUT2D eigenvalue weighted by Crippen LogP contribution is 2.29. The number of nitrogens with one attached hydrogen (secondary N) is 2. The molecule has 1 fully saturated rings. The summed E-state index contributed by atoms with van der Waals surface area (Å²) >= 11 is 0. The van der Waals surface area contributed by atoms with Crippen molar-refractivity contribution in [2.24, 2.45) is 5.92 Å². The minimum Gasteiger partial charge on any atom is -0.463 e. The van der Waals surface area contributed by atoms with Crippen LogP contribution in [0.2, 0.25) is 0 Å². The first-order valence-corrected chi connectivity index (χ1v) is 10.4. The molecule has 30 heavy (non-hydrogen) atoms. The van der Waals surface area contributed by atoms with Crippen LogP contribution >= 0.6 is 0 Å². The molecule has 1 aromatic rings. The second-order valence-electron chi connectivity index (χ2n) is 7.86. The first-order valence-electron chi connectivity index (χ1n) is 10.4. The van der Waals surface area contributed by atoms with E-state index in [2.05, 4.69) is 15.5 Å². The van der Waals surface area contributed by atoms with Crippen molar-refractivity contribution in [3.05, 3.63) is 47.2 Å². The maximum atomic E-state index is 12.9. The van der Waals surface area contributed by atoms with E-state index in [4.69, 9.17) is 4.74 Å². The summed E-state index contributed by atoms with van der Waals surface area (Å²) in [6.45, 7) is 3.77. The summed E-state index contributed by atoms with van der Waals surface area (Å²) in [6, 6.07) is 8.43. The van der Waals surface area contributed by atoms with Gasteiger partial charge in [0.1, 0.15) is 0 Å². The monoisotopic (exact) mass is 414 g/mol. The third-order valence-corrected chi connectivity index (χ3v) is 5.46. The lowest BCUT2D eigenvalue weighted by molar-refractivity contribution is -0.139. The third-order valence-electron chi connectivity index (χ3n) is 5.46. The van der Waals surface area contributed by atoms with Gasteiger partial charge in [-0.15, -0.1) is 0 Å². The highest BCUT2D eigenvalue weighted by molar-refractivity contribution is 5.95. The lowest BCUT2D eigenvalue weighted by Crippen LogP contribution is -2.50. The summed E-state index contributed by atoms with van der Waals surface area (Å²) in [5.41, 5.74) is 1.75. The van der Waals surface area contributed by atoms with Crippen LogP contribution in [0.25, 0.3) is 0 Å². The Hall–Kier alpha value is -2.87. The first kappa shape index (κ1) is 21.8. The quantitative estimate of drug-likeness (QED) is 0.691. The largest absolute Gasteiger partial charge is 0.463 e. The molecule has 8 heteroatoms. The maximum absolute atomic E-state index is 12.9. The van der Waals surface area contributed by atoms with Crippen LogP contribution in [0.3, 0.4) is 0 Å². The summed E-state index contributed by atoms with van der Waals surface area (Å²) in [5.74, 6) is -0.426. The van der Waals surface area contributed by atoms with Gasteiger partial charge >= 0.3 is 12.0 Å². The summed E-state index contributed by atoms with van der Waals surface area (Å²) in [5, 5.41) is 5.65. The molecular formula is C22H30N4O4. The zero-order valence-corrected chi connectivity index (χ0v) is 17.8. The first-order chi connectivity index (χ1) is 14.4. The van der Waals surface area contributed by atoms with E-state index in [9.17, 15) is 14.4 Å². The summed E-state index contributed by atoms with van der Waals surface area (Å²) in [6.07, 6.45) is 1.73. The molecule has 3 amide bonds. The van der Waals surface area contributed by atoms with Crippen molar-refractivity contribution < 1.29 is 19.1 Å². The predicted octanol–water partition coefficient (Wildman–Crippen LogP) is 1.66. The fraction of sp³-hybridized carbons (Fsp3) is 0.500. The van der Waals surface area contributed by atoms with Crippen molar-refractivity contribution in [1.29, 1.82) is 0 Å². The molecule has 0 aliphatic carbocycles. The smallest absolute Gasteiger partial charge is 0.338 e. The Labute approximate surface area is 177 Å². The summed E-state index contributed by atoms with van der Waals surface area (Å²) in [7, 11) is 3.53. The van der Waals surface area contributed by atoms with Crippen molar-refractivity contribution in [1.82, 2.24) is 20.4 Å². The number of hydrogen-bond donors (Lipinski definition) is 2. The van der Waals surface area contributed by atoms with Gasteiger partial charge in [-0.1, -0.05) is 30.3 Å². The Kier molecular flexibility index (Phi) is 7.10. The van der Waals surface area contributed by atoms with Crippen LogP contribution in [0.4, 0.5) is 4.79 Å². The van der Waals surface area contributed by atoms with Gasteiger partial charge in [0.05, 0.1) is 24.1 Å². The number of urea groups is 1. The molecule has 2 aliphatic rings. The minimum atomic E-state index is -0.585. The van der Waals surface area contributed by atoms with Crippen LogP contribution in [0, 0.1) is 5.92 Å². The van der Waals surface area contributed by atoms with Crippen LogP contribution in [0.5, 0.6) is 0 Å². The molecule has 2 aliphatic heterocycles. The Balaban J connectivity index is 1.90. The number of carbonyl (C=O) groups excluding carboxylic acids is 3. The summed E-state index contributed by atoms with van der Waals surface area (Å²) in [4.78, 5) is 41.4. The van der Waals surface area contributed by atoms with Gasteiger partial charge in [0.15, 0.2) is 0 Å². The van der Waals surface area contributed by atoms with Crippen LogP contribution in [0.1, 0.15) is 31.4 Å². The fourth-order valence-corrected chi connectivity index (χ4v) is 4.08. The zero-order chi connectivity index (χ0) is 21.7. The van der Waals surface area contributed by atoms with Gasteiger partial charge in [-0.25, -0.2) is 9.59 Å². The second-order valence-corrected chi connectivity index (χ2v) is 7.86. The number of likely N-dealkylation sites (tertiary alicyclic amines) is 1. The van der Waals surface area contributed by atoms with Crippen LogP contribution in [-0.2, 0) is 14.3 Å². The van der Waals surface area contributed by atoms with Gasteiger partial charge in [-0.3, -0.25) is 9.69 Å². The molecule has 2 N–H and O–H groups in total. The highest BCUT2D eigenvalue weighted by atomic mass is 16.5. The van der Waals surface area contributed by atoms with Crippen molar-refractivity contribution in [3.8, 4) is 0 Å². The summed E-state index contributed by atoms with van der Waals surface area (Å²) < 4.78 is 5.31. The van der Waals surface area contributed by atoms with Crippen molar-refractivity contribution in [2.45, 2.75) is 25.8 Å². The van der Waals surface area contributed by atoms with E-state index in [1.807, 2.05) is 30.3 Å². The molecule has 2 unspecified atom stereocenters. The van der Waals surface area contributed by atoms with Crippen LogP contribution < -0.4 is 10.6 Å². The number of amides is 3. The number of rotatable bonds is 6. The molecule has 0 radical (unpaired) electrons. The SMILES string of the molecule is CCOC(=O)C1=C(CN2CCCC(C(=O)N(C)C)C2)NC(=O)NC1c1ccccc1. The Bertz CT molecular complexity index is 822. The van der Waals surface area contributed by atoms with Crippen molar-refractivity contribution in [2.75, 3.05) is 40.3 Å². The highest BCUT2D eigenvalue weighted by Gasteiger charge is 2.35. The second kappa shape index (κ2) is 9.75. The molecule has 0 spiro atoms. The molecule has 162 valence electrons. The average molecular weight is 415 g/mol. The maximum Gasteiger partial charge on any atom is 0.338 e. The molecule has 1 aromatic carbocycles. The predicted molar refractivity (Wildman–Crippen MR) is 112 cm³/mol. The number of piperidine rings is 1. The Morgan fingerprint density at radius 3 is 2.63 bits per heavy atom. The van der Waals surface area contributed by atoms with E-state index in [1.165, 1.54) is 0 Å². The number of carbonyl (C=O) groups is 3. The molecular weight excluding hydrogens is 384 g/mol. The van der Waals surface area contributed by atoms with Gasteiger partial charge in [-0.2, -0.15) is 0 Å². The van der Waals surface area contributed by atoms with E-state index < -0.39 is 12.0 Å². The van der Waals surface area contributed by atoms with Crippen LogP contribution in [-0.4, -0.2) is 68.0 Å². The fourth-order valence-electron chi connectivity index (χ4n) is 4.08. The lowest BCUT2D eigenvalue weighted by Gasteiger charge is -2.36. The molecule has 2 heterocycles. The normalized spacial score (nSPS) is 22.2. The van der Waals surface area contributed by atoms with Gasteiger partial charge in [-0.05, 0) is 31.9 Å². The molecule has 0 aromatic heterocycles. The van der Waals surface area contributed by atoms with E-state index in [-0.39, 0.29) is 24.5 Å². The molecule has 8 nitrogen and oxygen atoms in total. The minimum absolute atomic E-state index is 0.0808. The molecule has 0 bridgehead atoms. The van der Waals surface area contributed by atoms with E-state index in [0.29, 0.717) is 24.4 Å². The number of benzene rings is 1. The Morgan fingerprint density at radius 2 is 1.97 bits per heavy atom. The number of esters is 1. The molecule has 0 saturated carbocycles. The van der Waals surface area contributed by atoms with Gasteiger partial charge < -0.3 is 20.3 Å². The molecule has 2 atom stereocenters. The van der Waals surface area contributed by atoms with Crippen LogP contribution in [0.15, 0.2) is 41.6 Å². The standard InChI is InChI=1S/C22H30N4O4/c1-4-30-21(28)18-17(14-26-12-8-11-16(13-26)20(27)25(2)3)23-22(29)24-19(18)15-9-6-5-7-10-15/h5-7,9-10,16,19H,4,8,11-14H2,1-3H3,(H2,23,24,29). The van der Waals surface area contributed by atoms with Gasteiger partial charge in [0, 0.05) is 32.9 Å².